The molecule has 0 spiro atoms. The van der Waals surface area contributed by atoms with Crippen molar-refractivity contribution in [2.24, 2.45) is 0 Å². The molecule has 0 aliphatic carbocycles. The highest BCUT2D eigenvalue weighted by Gasteiger charge is 2.17. The third kappa shape index (κ3) is 4.69. The van der Waals surface area contributed by atoms with Crippen molar-refractivity contribution in [3.8, 4) is 5.75 Å². The molecule has 5 nitrogen and oxygen atoms in total. The van der Waals surface area contributed by atoms with E-state index in [4.69, 9.17) is 9.15 Å². The smallest absolute Gasteiger partial charge is 0.275 e. The van der Waals surface area contributed by atoms with Crippen LogP contribution in [0.4, 0.5) is 8.78 Å². The molecule has 0 aliphatic rings. The topological polar surface area (TPSA) is 55.6 Å². The van der Waals surface area contributed by atoms with Crippen molar-refractivity contribution in [3.05, 3.63) is 83.6 Å². The number of carbonyl (C=O) groups is 1. The summed E-state index contributed by atoms with van der Waals surface area (Å²) in [6.07, 6.45) is 1.94. The molecule has 1 amide bonds. The zero-order valence-corrected chi connectivity index (χ0v) is 14.7. The van der Waals surface area contributed by atoms with Crippen molar-refractivity contribution >= 4 is 5.91 Å². The van der Waals surface area contributed by atoms with Crippen LogP contribution in [0, 0.1) is 11.6 Å². The number of nitrogens with zero attached hydrogens (tertiary/aromatic N) is 2. The standard InChI is InChI=1S/C20H18F2N2O3/c1-24(11-10-14-6-3-2-4-7-14)20(25)16-12-27-18(23-16)13-26-17-9-5-8-15(21)19(17)22/h2-9,12H,10-11,13H2,1H3. The van der Waals surface area contributed by atoms with Crippen LogP contribution in [0.2, 0.25) is 0 Å². The van der Waals surface area contributed by atoms with Crippen LogP contribution in [0.1, 0.15) is 21.9 Å². The average Bonchev–Trinajstić information content (AvgIpc) is 3.16. The van der Waals surface area contributed by atoms with Crippen molar-refractivity contribution in [1.82, 2.24) is 9.88 Å². The number of carbonyl (C=O) groups excluding carboxylic acids is 1. The molecule has 1 heterocycles. The minimum atomic E-state index is -1.08. The maximum atomic E-state index is 13.6. The number of benzene rings is 2. The largest absolute Gasteiger partial charge is 0.481 e. The molecule has 0 N–H and O–H groups in total. The van der Waals surface area contributed by atoms with E-state index in [9.17, 15) is 13.6 Å². The number of aromatic nitrogens is 1. The number of ether oxygens (including phenoxy) is 1. The normalized spacial score (nSPS) is 10.6. The molecule has 0 fully saturated rings. The van der Waals surface area contributed by atoms with E-state index >= 15 is 0 Å². The van der Waals surface area contributed by atoms with Gasteiger partial charge in [-0.25, -0.2) is 9.37 Å². The van der Waals surface area contributed by atoms with Gasteiger partial charge in [0.25, 0.3) is 5.91 Å². The first-order chi connectivity index (χ1) is 13.0. The van der Waals surface area contributed by atoms with E-state index in [-0.39, 0.29) is 29.8 Å². The quantitative estimate of drug-likeness (QED) is 0.632. The van der Waals surface area contributed by atoms with Crippen LogP contribution in [-0.2, 0) is 13.0 Å². The molecule has 3 rings (SSSR count). The molecule has 2 aromatic carbocycles. The number of hydrogen-bond donors (Lipinski definition) is 0. The number of rotatable bonds is 7. The van der Waals surface area contributed by atoms with Crippen LogP contribution in [0.15, 0.2) is 59.2 Å². The number of oxazole rings is 1. The highest BCUT2D eigenvalue weighted by atomic mass is 19.2. The summed E-state index contributed by atoms with van der Waals surface area (Å²) >= 11 is 0. The highest BCUT2D eigenvalue weighted by molar-refractivity contribution is 5.91. The van der Waals surface area contributed by atoms with Gasteiger partial charge in [-0.05, 0) is 24.1 Å². The Morgan fingerprint density at radius 2 is 1.93 bits per heavy atom. The van der Waals surface area contributed by atoms with Crippen molar-refractivity contribution in [2.45, 2.75) is 13.0 Å². The fourth-order valence-electron chi connectivity index (χ4n) is 2.45. The van der Waals surface area contributed by atoms with Gasteiger partial charge >= 0.3 is 0 Å². The minimum absolute atomic E-state index is 0.0958. The molecule has 0 saturated heterocycles. The lowest BCUT2D eigenvalue weighted by atomic mass is 10.1. The van der Waals surface area contributed by atoms with Crippen LogP contribution >= 0.6 is 0 Å². The Hall–Kier alpha value is -3.22. The SMILES string of the molecule is CN(CCc1ccccc1)C(=O)c1coc(COc2cccc(F)c2F)n1. The van der Waals surface area contributed by atoms with Gasteiger partial charge in [0.15, 0.2) is 23.9 Å². The Balaban J connectivity index is 1.56. The summed E-state index contributed by atoms with van der Waals surface area (Å²) in [5.74, 6) is -2.53. The molecule has 140 valence electrons. The fraction of sp³-hybridized carbons (Fsp3) is 0.200. The van der Waals surface area contributed by atoms with E-state index < -0.39 is 11.6 Å². The van der Waals surface area contributed by atoms with E-state index in [1.54, 1.807) is 11.9 Å². The number of hydrogen-bond acceptors (Lipinski definition) is 4. The summed E-state index contributed by atoms with van der Waals surface area (Å²) in [4.78, 5) is 18.0. The lowest BCUT2D eigenvalue weighted by Gasteiger charge is -2.15. The third-order valence-electron chi connectivity index (χ3n) is 3.96. The Labute approximate surface area is 155 Å². The second kappa shape index (κ2) is 8.44. The van der Waals surface area contributed by atoms with Crippen molar-refractivity contribution < 1.29 is 22.7 Å². The molecule has 27 heavy (non-hydrogen) atoms. The first-order valence-electron chi connectivity index (χ1n) is 8.35. The molecule has 0 atom stereocenters. The first kappa shape index (κ1) is 18.6. The molecule has 0 bridgehead atoms. The van der Waals surface area contributed by atoms with E-state index in [0.29, 0.717) is 6.54 Å². The maximum absolute atomic E-state index is 13.6. The predicted molar refractivity (Wildman–Crippen MR) is 94.3 cm³/mol. The summed E-state index contributed by atoms with van der Waals surface area (Å²) in [6.45, 7) is 0.303. The molecule has 0 unspecified atom stereocenters. The Bertz CT molecular complexity index is 913. The molecular formula is C20H18F2N2O3. The molecule has 0 aliphatic heterocycles. The number of amides is 1. The summed E-state index contributed by atoms with van der Waals surface area (Å²) in [5, 5.41) is 0. The van der Waals surface area contributed by atoms with E-state index in [1.165, 1.54) is 18.4 Å². The molecule has 0 saturated carbocycles. The van der Waals surface area contributed by atoms with Crippen molar-refractivity contribution in [3.63, 3.8) is 0 Å². The molecular weight excluding hydrogens is 354 g/mol. The Morgan fingerprint density at radius 3 is 2.70 bits per heavy atom. The number of halogens is 2. The van der Waals surface area contributed by atoms with E-state index in [0.717, 1.165) is 18.1 Å². The lowest BCUT2D eigenvalue weighted by Crippen LogP contribution is -2.29. The zero-order chi connectivity index (χ0) is 19.2. The van der Waals surface area contributed by atoms with Gasteiger partial charge in [-0.15, -0.1) is 0 Å². The zero-order valence-electron chi connectivity index (χ0n) is 14.7. The fourth-order valence-corrected chi connectivity index (χ4v) is 2.45. The van der Waals surface area contributed by atoms with Crippen molar-refractivity contribution in [2.75, 3.05) is 13.6 Å². The van der Waals surface area contributed by atoms with Gasteiger partial charge in [0.05, 0.1) is 0 Å². The van der Waals surface area contributed by atoms with Crippen LogP contribution in [0.5, 0.6) is 5.75 Å². The van der Waals surface area contributed by atoms with Gasteiger partial charge in [0, 0.05) is 13.6 Å². The van der Waals surface area contributed by atoms with E-state index in [2.05, 4.69) is 4.98 Å². The summed E-state index contributed by atoms with van der Waals surface area (Å²) in [6, 6.07) is 13.4. The van der Waals surface area contributed by atoms with Gasteiger partial charge in [0.2, 0.25) is 11.7 Å². The number of likely N-dealkylation sites (N-methyl/N-ethyl adjacent to an activating group) is 1. The summed E-state index contributed by atoms with van der Waals surface area (Å²) < 4.78 is 37.1. The van der Waals surface area contributed by atoms with Gasteiger partial charge in [-0.1, -0.05) is 36.4 Å². The second-order valence-corrected chi connectivity index (χ2v) is 5.93. The van der Waals surface area contributed by atoms with Crippen LogP contribution < -0.4 is 4.74 Å². The van der Waals surface area contributed by atoms with Gasteiger partial charge < -0.3 is 14.1 Å². The summed E-state index contributed by atoms with van der Waals surface area (Å²) in [7, 11) is 1.68. The molecule has 1 aromatic heterocycles. The monoisotopic (exact) mass is 372 g/mol. The first-order valence-corrected chi connectivity index (χ1v) is 8.35. The third-order valence-corrected chi connectivity index (χ3v) is 3.96. The highest BCUT2D eigenvalue weighted by Crippen LogP contribution is 2.20. The second-order valence-electron chi connectivity index (χ2n) is 5.93. The minimum Gasteiger partial charge on any atom is -0.481 e. The Morgan fingerprint density at radius 1 is 1.15 bits per heavy atom. The van der Waals surface area contributed by atoms with Crippen LogP contribution in [0.3, 0.4) is 0 Å². The van der Waals surface area contributed by atoms with Gasteiger partial charge in [-0.3, -0.25) is 4.79 Å². The van der Waals surface area contributed by atoms with Crippen LogP contribution in [-0.4, -0.2) is 29.4 Å². The molecule has 0 radical (unpaired) electrons. The van der Waals surface area contributed by atoms with Crippen LogP contribution in [0.25, 0.3) is 0 Å². The molecule has 3 aromatic rings. The lowest BCUT2D eigenvalue weighted by molar-refractivity contribution is 0.0790. The Kier molecular flexibility index (Phi) is 5.80. The van der Waals surface area contributed by atoms with Gasteiger partial charge in [-0.2, -0.15) is 4.39 Å². The van der Waals surface area contributed by atoms with E-state index in [1.807, 2.05) is 30.3 Å². The van der Waals surface area contributed by atoms with Gasteiger partial charge in [0.1, 0.15) is 6.26 Å². The average molecular weight is 372 g/mol. The summed E-state index contributed by atoms with van der Waals surface area (Å²) in [5.41, 5.74) is 1.26. The predicted octanol–water partition coefficient (Wildman–Crippen LogP) is 3.85. The van der Waals surface area contributed by atoms with Crippen molar-refractivity contribution in [1.29, 1.82) is 0 Å². The maximum Gasteiger partial charge on any atom is 0.275 e. The molecule has 7 heteroatoms.